The second kappa shape index (κ2) is 2.56. The smallest absolute Gasteiger partial charge is 0.0449 e. The second-order valence-electron chi connectivity index (χ2n) is 1.87. The van der Waals surface area contributed by atoms with Crippen molar-refractivity contribution in [3.05, 3.63) is 34.3 Å². The zero-order valence-corrected chi connectivity index (χ0v) is 6.76. The predicted octanol–water partition coefficient (Wildman–Crippen LogP) is 3.08. The minimum Gasteiger partial charge on any atom is -0.142 e. The topological polar surface area (TPSA) is 0 Å². The Hall–Kier alpha value is -0.600. The van der Waals surface area contributed by atoms with E-state index in [4.69, 9.17) is 0 Å². The summed E-state index contributed by atoms with van der Waals surface area (Å²) in [6.07, 6.45) is 0. The zero-order valence-electron chi connectivity index (χ0n) is 5.13. The summed E-state index contributed by atoms with van der Waals surface area (Å²) in [4.78, 5) is 1.28. The van der Waals surface area contributed by atoms with Gasteiger partial charge >= 0.3 is 0 Å². The van der Waals surface area contributed by atoms with E-state index in [1.807, 2.05) is 12.1 Å². The lowest BCUT2D eigenvalue weighted by Gasteiger charge is -1.85. The molecule has 10 heavy (non-hydrogen) atoms. The fourth-order valence-electron chi connectivity index (χ4n) is 0.755. The van der Waals surface area contributed by atoms with E-state index >= 15 is 0 Å². The molecule has 2 heterocycles. The van der Waals surface area contributed by atoms with Crippen LogP contribution in [0.4, 0.5) is 0 Å². The van der Waals surface area contributed by atoms with Crippen LogP contribution in [-0.4, -0.2) is 0 Å². The van der Waals surface area contributed by atoms with Crippen molar-refractivity contribution < 1.29 is 0 Å². The molecule has 0 bridgehead atoms. The molecular formula is C8H4S2. The molecule has 0 fully saturated rings. The first-order chi connectivity index (χ1) is 4.97. The van der Waals surface area contributed by atoms with Crippen LogP contribution in [0.2, 0.25) is 0 Å². The molecule has 0 atom stereocenters. The molecule has 0 aliphatic heterocycles. The molecular weight excluding hydrogens is 160 g/mol. The van der Waals surface area contributed by atoms with Crippen molar-refractivity contribution in [3.63, 3.8) is 0 Å². The highest BCUT2D eigenvalue weighted by atomic mass is 32.1. The molecule has 2 rings (SSSR count). The second-order valence-corrected chi connectivity index (χ2v) is 3.46. The van der Waals surface area contributed by atoms with Gasteiger partial charge in [0.05, 0.1) is 0 Å². The molecule has 0 nitrogen and oxygen atoms in total. The summed E-state index contributed by atoms with van der Waals surface area (Å²) >= 11 is 3.25. The number of hydrogen-bond acceptors (Lipinski definition) is 2. The lowest BCUT2D eigenvalue weighted by molar-refractivity contribution is 1.88. The molecule has 0 N–H and O–H groups in total. The van der Waals surface area contributed by atoms with Crippen molar-refractivity contribution in [3.8, 4) is 10.4 Å². The van der Waals surface area contributed by atoms with Crippen LogP contribution in [0.3, 0.4) is 0 Å². The quantitative estimate of drug-likeness (QED) is 0.607. The van der Waals surface area contributed by atoms with Gasteiger partial charge in [-0.1, -0.05) is 0 Å². The lowest BCUT2D eigenvalue weighted by Crippen LogP contribution is -1.58. The van der Waals surface area contributed by atoms with Gasteiger partial charge < -0.3 is 0 Å². The lowest BCUT2D eigenvalue weighted by atomic mass is 10.3. The van der Waals surface area contributed by atoms with Crippen molar-refractivity contribution in [2.75, 3.05) is 0 Å². The van der Waals surface area contributed by atoms with Crippen LogP contribution in [0.1, 0.15) is 0 Å². The number of hydrogen-bond donors (Lipinski definition) is 0. The Morgan fingerprint density at radius 2 is 2.30 bits per heavy atom. The highest BCUT2D eigenvalue weighted by Crippen LogP contribution is 2.25. The average Bonchev–Trinajstić information content (AvgIpc) is 2.59. The van der Waals surface area contributed by atoms with Crippen LogP contribution in [0.5, 0.6) is 0 Å². The van der Waals surface area contributed by atoms with Gasteiger partial charge in [0.1, 0.15) is 0 Å². The first-order valence-corrected chi connectivity index (χ1v) is 4.57. The van der Waals surface area contributed by atoms with E-state index in [0.29, 0.717) is 0 Å². The number of rotatable bonds is 1. The molecule has 0 saturated heterocycles. The van der Waals surface area contributed by atoms with E-state index in [0.717, 1.165) is 0 Å². The van der Waals surface area contributed by atoms with Gasteiger partial charge in [0, 0.05) is 26.6 Å². The molecule has 2 aromatic heterocycles. The molecule has 0 spiro atoms. The van der Waals surface area contributed by atoms with Gasteiger partial charge in [-0.25, -0.2) is 0 Å². The van der Waals surface area contributed by atoms with Crippen LogP contribution in [0.25, 0.3) is 10.4 Å². The van der Waals surface area contributed by atoms with E-state index in [9.17, 15) is 0 Å². The summed E-state index contributed by atoms with van der Waals surface area (Å²) in [6, 6.07) is 6.02. The standard InChI is InChI=1S/C8H4S2/c1-2-8(10-4-1)7-3-5-9-6-7/h1-3,6H. The van der Waals surface area contributed by atoms with Gasteiger partial charge in [-0.3, -0.25) is 0 Å². The first kappa shape index (κ1) is 6.13. The third-order valence-electron chi connectivity index (χ3n) is 1.22. The van der Waals surface area contributed by atoms with Crippen molar-refractivity contribution in [2.24, 2.45) is 0 Å². The predicted molar refractivity (Wildman–Crippen MR) is 45.3 cm³/mol. The summed E-state index contributed by atoms with van der Waals surface area (Å²) in [7, 11) is 0. The van der Waals surface area contributed by atoms with Gasteiger partial charge in [-0.2, -0.15) is 0 Å². The summed E-state index contributed by atoms with van der Waals surface area (Å²) < 4.78 is 0. The zero-order chi connectivity index (χ0) is 6.81. The van der Waals surface area contributed by atoms with Crippen molar-refractivity contribution in [1.29, 1.82) is 0 Å². The molecule has 0 saturated carbocycles. The molecule has 2 heteroatoms. The first-order valence-electron chi connectivity index (χ1n) is 2.87. The number of thiophene rings is 2. The van der Waals surface area contributed by atoms with Crippen LogP contribution in [0.15, 0.2) is 23.6 Å². The Kier molecular flexibility index (Phi) is 1.57. The molecule has 0 unspecified atom stereocenters. The Morgan fingerprint density at radius 1 is 1.30 bits per heavy atom. The van der Waals surface area contributed by atoms with E-state index in [1.165, 1.54) is 10.4 Å². The Balaban J connectivity index is 2.48. The monoisotopic (exact) mass is 164 g/mol. The fraction of sp³-hybridized carbons (Fsp3) is 0. The minimum absolute atomic E-state index is 1.26. The van der Waals surface area contributed by atoms with E-state index in [2.05, 4.69) is 22.2 Å². The van der Waals surface area contributed by atoms with Crippen LogP contribution >= 0.6 is 22.7 Å². The van der Waals surface area contributed by atoms with Crippen LogP contribution in [-0.2, 0) is 0 Å². The summed E-state index contributed by atoms with van der Waals surface area (Å²) in [6.45, 7) is 0. The van der Waals surface area contributed by atoms with Gasteiger partial charge in [0.25, 0.3) is 0 Å². The van der Waals surface area contributed by atoms with Gasteiger partial charge in [-0.15, -0.1) is 22.7 Å². The molecule has 0 amide bonds. The van der Waals surface area contributed by atoms with Crippen molar-refractivity contribution in [2.45, 2.75) is 0 Å². The highest BCUT2D eigenvalue weighted by molar-refractivity contribution is 7.13. The average molecular weight is 164 g/mol. The minimum atomic E-state index is 1.26. The third-order valence-corrected chi connectivity index (χ3v) is 2.70. The maximum absolute atomic E-state index is 3.05. The van der Waals surface area contributed by atoms with E-state index in [1.54, 1.807) is 22.7 Å². The van der Waals surface area contributed by atoms with E-state index < -0.39 is 0 Å². The van der Waals surface area contributed by atoms with Gasteiger partial charge in [-0.05, 0) is 18.2 Å². The Labute approximate surface area is 67.8 Å². The molecule has 48 valence electrons. The molecule has 2 radical (unpaired) electrons. The maximum Gasteiger partial charge on any atom is 0.0449 e. The maximum atomic E-state index is 3.05. The Bertz CT molecular complexity index is 247. The van der Waals surface area contributed by atoms with E-state index in [-0.39, 0.29) is 0 Å². The van der Waals surface area contributed by atoms with Gasteiger partial charge in [0.2, 0.25) is 0 Å². The molecule has 2 aromatic rings. The van der Waals surface area contributed by atoms with Crippen molar-refractivity contribution >= 4 is 22.7 Å². The normalized spacial score (nSPS) is 10.0. The highest BCUT2D eigenvalue weighted by Gasteiger charge is 1.96. The third kappa shape index (κ3) is 1.00. The molecule has 0 aromatic carbocycles. The summed E-state index contributed by atoms with van der Waals surface area (Å²) in [5.74, 6) is 0. The summed E-state index contributed by atoms with van der Waals surface area (Å²) in [5, 5.41) is 8.20. The molecule has 0 aliphatic carbocycles. The van der Waals surface area contributed by atoms with Gasteiger partial charge in [0.15, 0.2) is 0 Å². The molecule has 0 aliphatic rings. The SMILES string of the molecule is [c]1cc(-c2cc[c]s2)cs1. The fourth-order valence-corrected chi connectivity index (χ4v) is 2.05. The largest absolute Gasteiger partial charge is 0.142 e. The van der Waals surface area contributed by atoms with Crippen LogP contribution < -0.4 is 0 Å². The van der Waals surface area contributed by atoms with Crippen molar-refractivity contribution in [1.82, 2.24) is 0 Å². The Morgan fingerprint density at radius 3 is 2.90 bits per heavy atom. The summed E-state index contributed by atoms with van der Waals surface area (Å²) in [5.41, 5.74) is 1.26. The van der Waals surface area contributed by atoms with Crippen LogP contribution in [0, 0.1) is 10.8 Å².